The lowest BCUT2D eigenvalue weighted by Gasteiger charge is -2.37. The van der Waals surface area contributed by atoms with Gasteiger partial charge in [-0.05, 0) is 37.1 Å². The Morgan fingerprint density at radius 2 is 1.88 bits per heavy atom. The molecule has 144 valence electrons. The van der Waals surface area contributed by atoms with Crippen molar-refractivity contribution in [2.75, 3.05) is 26.2 Å². The van der Waals surface area contributed by atoms with E-state index in [1.165, 1.54) is 12.1 Å². The van der Waals surface area contributed by atoms with Gasteiger partial charge < -0.3 is 14.7 Å². The Kier molecular flexibility index (Phi) is 7.32. The third-order valence-corrected chi connectivity index (χ3v) is 4.58. The van der Waals surface area contributed by atoms with E-state index in [9.17, 15) is 18.4 Å². The number of likely N-dealkylation sites (N-methyl/N-ethyl adjacent to an activating group) is 1. The van der Waals surface area contributed by atoms with Gasteiger partial charge in [0.05, 0.1) is 13.0 Å². The van der Waals surface area contributed by atoms with Gasteiger partial charge in [0.2, 0.25) is 5.91 Å². The van der Waals surface area contributed by atoms with Crippen molar-refractivity contribution in [3.8, 4) is 5.75 Å². The van der Waals surface area contributed by atoms with Crippen molar-refractivity contribution in [3.63, 3.8) is 0 Å². The summed E-state index contributed by atoms with van der Waals surface area (Å²) in [4.78, 5) is 27.0. The van der Waals surface area contributed by atoms with Crippen LogP contribution in [0.5, 0.6) is 5.75 Å². The number of rotatable bonds is 8. The summed E-state index contributed by atoms with van der Waals surface area (Å²) in [5, 5.41) is 8.96. The predicted octanol–water partition coefficient (Wildman–Crippen LogP) is 2.23. The predicted molar refractivity (Wildman–Crippen MR) is 91.3 cm³/mol. The minimum atomic E-state index is -2.87. The number of piperidine rings is 1. The Balaban J connectivity index is 1.83. The van der Waals surface area contributed by atoms with Crippen LogP contribution in [-0.2, 0) is 16.0 Å². The zero-order valence-electron chi connectivity index (χ0n) is 14.7. The molecule has 1 saturated heterocycles. The van der Waals surface area contributed by atoms with E-state index < -0.39 is 12.6 Å². The number of alkyl halides is 2. The van der Waals surface area contributed by atoms with Crippen molar-refractivity contribution in [3.05, 3.63) is 29.8 Å². The minimum Gasteiger partial charge on any atom is -0.480 e. The van der Waals surface area contributed by atoms with Crippen LogP contribution >= 0.6 is 0 Å². The highest BCUT2D eigenvalue weighted by atomic mass is 19.3. The van der Waals surface area contributed by atoms with Crippen LogP contribution in [0, 0.1) is 0 Å². The SMILES string of the molecule is CCN(CC(=O)O)C1CCN(C(=O)Cc2ccc(OC(F)F)cc2)CC1. The zero-order valence-corrected chi connectivity index (χ0v) is 14.7. The second kappa shape index (κ2) is 9.47. The molecule has 0 aliphatic carbocycles. The van der Waals surface area contributed by atoms with E-state index >= 15 is 0 Å². The van der Waals surface area contributed by atoms with Gasteiger partial charge in [0, 0.05) is 19.1 Å². The molecule has 1 N–H and O–H groups in total. The first kappa shape index (κ1) is 20.1. The molecule has 0 saturated carbocycles. The van der Waals surface area contributed by atoms with Crippen LogP contribution in [0.4, 0.5) is 8.78 Å². The van der Waals surface area contributed by atoms with Crippen LogP contribution in [-0.4, -0.2) is 65.6 Å². The van der Waals surface area contributed by atoms with Gasteiger partial charge in [0.15, 0.2) is 0 Å². The summed E-state index contributed by atoms with van der Waals surface area (Å²) >= 11 is 0. The zero-order chi connectivity index (χ0) is 19.1. The van der Waals surface area contributed by atoms with Crippen molar-refractivity contribution in [2.24, 2.45) is 0 Å². The number of likely N-dealkylation sites (tertiary alicyclic amines) is 1. The molecular weight excluding hydrogens is 346 g/mol. The molecule has 8 heteroatoms. The van der Waals surface area contributed by atoms with E-state index in [4.69, 9.17) is 5.11 Å². The van der Waals surface area contributed by atoms with Gasteiger partial charge >= 0.3 is 12.6 Å². The van der Waals surface area contributed by atoms with Gasteiger partial charge in [-0.2, -0.15) is 8.78 Å². The average Bonchev–Trinajstić information content (AvgIpc) is 2.61. The van der Waals surface area contributed by atoms with Crippen molar-refractivity contribution >= 4 is 11.9 Å². The standard InChI is InChI=1S/C18H24F2N2O4/c1-2-21(12-17(24)25)14-7-9-22(10-8-14)16(23)11-13-3-5-15(6-4-13)26-18(19)20/h3-6,14,18H,2,7-12H2,1H3,(H,24,25). The number of aliphatic carboxylic acids is 1. The smallest absolute Gasteiger partial charge is 0.387 e. The van der Waals surface area contributed by atoms with Crippen LogP contribution in [0.1, 0.15) is 25.3 Å². The Morgan fingerprint density at radius 1 is 1.27 bits per heavy atom. The van der Waals surface area contributed by atoms with E-state index in [0.717, 1.165) is 18.4 Å². The molecule has 2 rings (SSSR count). The second-order valence-corrected chi connectivity index (χ2v) is 6.27. The Labute approximate surface area is 151 Å². The maximum absolute atomic E-state index is 12.4. The maximum Gasteiger partial charge on any atom is 0.387 e. The highest BCUT2D eigenvalue weighted by molar-refractivity contribution is 5.79. The van der Waals surface area contributed by atoms with E-state index in [1.54, 1.807) is 17.0 Å². The number of hydrogen-bond acceptors (Lipinski definition) is 4. The molecule has 1 aliphatic heterocycles. The van der Waals surface area contributed by atoms with Gasteiger partial charge in [-0.15, -0.1) is 0 Å². The monoisotopic (exact) mass is 370 g/mol. The number of carboxylic acid groups (broad SMARTS) is 1. The first-order chi connectivity index (χ1) is 12.4. The topological polar surface area (TPSA) is 70.1 Å². The lowest BCUT2D eigenvalue weighted by molar-refractivity contribution is -0.140. The summed E-state index contributed by atoms with van der Waals surface area (Å²) in [6.45, 7) is 0.924. The molecule has 0 spiro atoms. The van der Waals surface area contributed by atoms with Gasteiger partial charge in [-0.25, -0.2) is 0 Å². The summed E-state index contributed by atoms with van der Waals surface area (Å²) in [7, 11) is 0. The van der Waals surface area contributed by atoms with Crippen molar-refractivity contribution < 1.29 is 28.2 Å². The van der Waals surface area contributed by atoms with Crippen LogP contribution < -0.4 is 4.74 Å². The number of hydrogen-bond donors (Lipinski definition) is 1. The Hall–Kier alpha value is -2.22. The second-order valence-electron chi connectivity index (χ2n) is 6.27. The van der Waals surface area contributed by atoms with E-state index in [-0.39, 0.29) is 30.7 Å². The fourth-order valence-corrected chi connectivity index (χ4v) is 3.23. The fraction of sp³-hybridized carbons (Fsp3) is 0.556. The molecule has 1 aromatic carbocycles. The molecular formula is C18H24F2N2O4. The van der Waals surface area contributed by atoms with E-state index in [0.29, 0.717) is 19.6 Å². The van der Waals surface area contributed by atoms with Gasteiger partial charge in [0.1, 0.15) is 5.75 Å². The number of amides is 1. The number of carbonyl (C=O) groups is 2. The molecule has 0 atom stereocenters. The molecule has 6 nitrogen and oxygen atoms in total. The summed E-state index contributed by atoms with van der Waals surface area (Å²) in [5.74, 6) is -0.799. The molecule has 0 aromatic heterocycles. The summed E-state index contributed by atoms with van der Waals surface area (Å²) in [6, 6.07) is 6.23. The van der Waals surface area contributed by atoms with Crippen LogP contribution in [0.15, 0.2) is 24.3 Å². The molecule has 0 radical (unpaired) electrons. The van der Waals surface area contributed by atoms with Gasteiger partial charge in [-0.1, -0.05) is 19.1 Å². The van der Waals surface area contributed by atoms with Crippen molar-refractivity contribution in [2.45, 2.75) is 38.8 Å². The number of halogens is 2. The lowest BCUT2D eigenvalue weighted by Crippen LogP contribution is -2.48. The van der Waals surface area contributed by atoms with Crippen LogP contribution in [0.2, 0.25) is 0 Å². The number of nitrogens with zero attached hydrogens (tertiary/aromatic N) is 2. The lowest BCUT2D eigenvalue weighted by atomic mass is 10.0. The quantitative estimate of drug-likeness (QED) is 0.760. The van der Waals surface area contributed by atoms with E-state index in [1.807, 2.05) is 11.8 Å². The molecule has 1 heterocycles. The molecule has 1 aliphatic rings. The number of benzene rings is 1. The Bertz CT molecular complexity index is 602. The molecule has 1 aromatic rings. The van der Waals surface area contributed by atoms with Gasteiger partial charge in [-0.3, -0.25) is 14.5 Å². The summed E-state index contributed by atoms with van der Waals surface area (Å²) in [5.41, 5.74) is 0.736. The molecule has 0 bridgehead atoms. The van der Waals surface area contributed by atoms with Crippen molar-refractivity contribution in [1.82, 2.24) is 9.80 Å². The number of carbonyl (C=O) groups excluding carboxylic acids is 1. The molecule has 1 amide bonds. The molecule has 1 fully saturated rings. The van der Waals surface area contributed by atoms with Crippen LogP contribution in [0.25, 0.3) is 0 Å². The largest absolute Gasteiger partial charge is 0.480 e. The number of carboxylic acids is 1. The maximum atomic E-state index is 12.4. The normalized spacial score (nSPS) is 15.5. The highest BCUT2D eigenvalue weighted by Gasteiger charge is 2.27. The van der Waals surface area contributed by atoms with E-state index in [2.05, 4.69) is 4.74 Å². The van der Waals surface area contributed by atoms with Gasteiger partial charge in [0.25, 0.3) is 0 Å². The summed E-state index contributed by atoms with van der Waals surface area (Å²) < 4.78 is 28.6. The first-order valence-corrected chi connectivity index (χ1v) is 8.66. The third kappa shape index (κ3) is 5.94. The first-order valence-electron chi connectivity index (χ1n) is 8.66. The number of ether oxygens (including phenoxy) is 1. The van der Waals surface area contributed by atoms with Crippen molar-refractivity contribution in [1.29, 1.82) is 0 Å². The summed E-state index contributed by atoms with van der Waals surface area (Å²) in [6.07, 6.45) is 1.69. The third-order valence-electron chi connectivity index (χ3n) is 4.58. The average molecular weight is 370 g/mol. The van der Waals surface area contributed by atoms with Crippen LogP contribution in [0.3, 0.4) is 0 Å². The Morgan fingerprint density at radius 3 is 2.38 bits per heavy atom. The highest BCUT2D eigenvalue weighted by Crippen LogP contribution is 2.19. The fourth-order valence-electron chi connectivity index (χ4n) is 3.23. The minimum absolute atomic E-state index is 0.0160. The molecule has 0 unspecified atom stereocenters. The molecule has 26 heavy (non-hydrogen) atoms.